The van der Waals surface area contributed by atoms with Gasteiger partial charge in [0.15, 0.2) is 5.96 Å². The second kappa shape index (κ2) is 9.74. The summed E-state index contributed by atoms with van der Waals surface area (Å²) in [6.45, 7) is 10.1. The molecule has 1 aromatic heterocycles. The van der Waals surface area contributed by atoms with E-state index in [-0.39, 0.29) is 24.0 Å². The van der Waals surface area contributed by atoms with Gasteiger partial charge in [0, 0.05) is 57.2 Å². The van der Waals surface area contributed by atoms with Crippen LogP contribution in [-0.4, -0.2) is 59.5 Å². The summed E-state index contributed by atoms with van der Waals surface area (Å²) in [5, 5.41) is 4.51. The minimum Gasteiger partial charge on any atom is -0.357 e. The van der Waals surface area contributed by atoms with Crippen LogP contribution in [0.3, 0.4) is 0 Å². The molecule has 0 radical (unpaired) electrons. The van der Waals surface area contributed by atoms with Gasteiger partial charge in [-0.25, -0.2) is 4.98 Å². The molecule has 0 bridgehead atoms. The fourth-order valence-corrected chi connectivity index (χ4v) is 3.61. The predicted octanol–water partition coefficient (Wildman–Crippen LogP) is 2.61. The van der Waals surface area contributed by atoms with Crippen LogP contribution in [0, 0.1) is 5.92 Å². The molecule has 0 aromatic carbocycles. The number of aryl methyl sites for hydroxylation is 1. The number of aliphatic imine (C=N–C) groups is 1. The first-order valence-electron chi connectivity index (χ1n) is 8.91. The quantitative estimate of drug-likeness (QED) is 0.399. The van der Waals surface area contributed by atoms with Gasteiger partial charge in [0.25, 0.3) is 0 Å². The first kappa shape index (κ1) is 19.7. The highest BCUT2D eigenvalue weighted by atomic mass is 127. The molecule has 0 atom stereocenters. The fourth-order valence-electron chi connectivity index (χ4n) is 2.81. The summed E-state index contributed by atoms with van der Waals surface area (Å²) in [5.41, 5.74) is 0. The van der Waals surface area contributed by atoms with E-state index in [2.05, 4.69) is 38.3 Å². The first-order chi connectivity index (χ1) is 11.3. The van der Waals surface area contributed by atoms with E-state index in [9.17, 15) is 0 Å². The third-order valence-electron chi connectivity index (χ3n) is 4.45. The molecule has 2 heterocycles. The van der Waals surface area contributed by atoms with Crippen LogP contribution in [0.1, 0.15) is 38.9 Å². The molecule has 1 N–H and O–H groups in total. The Hall–Kier alpha value is -0.640. The van der Waals surface area contributed by atoms with Crippen LogP contribution in [-0.2, 0) is 6.42 Å². The molecular formula is C16H29IN6S. The van der Waals surface area contributed by atoms with Gasteiger partial charge in [0.05, 0.1) is 0 Å². The Morgan fingerprint density at radius 1 is 1.25 bits per heavy atom. The van der Waals surface area contributed by atoms with E-state index in [0.29, 0.717) is 0 Å². The average molecular weight is 464 g/mol. The Balaban J connectivity index is 0.00000208. The van der Waals surface area contributed by atoms with Gasteiger partial charge in [-0.15, -0.1) is 24.0 Å². The Bertz CT molecular complexity index is 522. The van der Waals surface area contributed by atoms with Gasteiger partial charge in [0.2, 0.25) is 5.13 Å². The molecule has 0 unspecified atom stereocenters. The van der Waals surface area contributed by atoms with Gasteiger partial charge < -0.3 is 15.1 Å². The molecule has 24 heavy (non-hydrogen) atoms. The predicted molar refractivity (Wildman–Crippen MR) is 112 cm³/mol. The molecule has 2 aliphatic rings. The summed E-state index contributed by atoms with van der Waals surface area (Å²) < 4.78 is 4.40. The van der Waals surface area contributed by atoms with E-state index in [1.165, 1.54) is 30.8 Å². The third kappa shape index (κ3) is 5.44. The molecule has 1 saturated heterocycles. The lowest BCUT2D eigenvalue weighted by Crippen LogP contribution is -2.52. The highest BCUT2D eigenvalue weighted by molar-refractivity contribution is 14.0. The van der Waals surface area contributed by atoms with Crippen molar-refractivity contribution in [3.8, 4) is 0 Å². The number of hydrogen-bond donors (Lipinski definition) is 1. The van der Waals surface area contributed by atoms with E-state index in [4.69, 9.17) is 4.99 Å². The normalized spacial score (nSPS) is 18.5. The standard InChI is InChI=1S/C16H28N6S.HI/c1-3-14-19-16(23-20-14)22-11-9-21(10-12-22)15(17-4-2)18-8-7-13-5-6-13;/h13H,3-12H2,1-2H3,(H,17,18);1H. The van der Waals surface area contributed by atoms with Gasteiger partial charge >= 0.3 is 0 Å². The topological polar surface area (TPSA) is 56.7 Å². The van der Waals surface area contributed by atoms with Crippen LogP contribution >= 0.6 is 35.5 Å². The minimum absolute atomic E-state index is 0. The van der Waals surface area contributed by atoms with Crippen LogP contribution < -0.4 is 10.2 Å². The van der Waals surface area contributed by atoms with Crippen LogP contribution in [0.5, 0.6) is 0 Å². The molecule has 8 heteroatoms. The zero-order valence-corrected chi connectivity index (χ0v) is 17.8. The maximum Gasteiger partial charge on any atom is 0.205 e. The number of anilines is 1. The van der Waals surface area contributed by atoms with E-state index < -0.39 is 0 Å². The van der Waals surface area contributed by atoms with Crippen molar-refractivity contribution in [3.63, 3.8) is 0 Å². The molecule has 0 spiro atoms. The molecule has 6 nitrogen and oxygen atoms in total. The Kier molecular flexibility index (Phi) is 7.99. The van der Waals surface area contributed by atoms with Crippen molar-refractivity contribution in [2.75, 3.05) is 44.2 Å². The summed E-state index contributed by atoms with van der Waals surface area (Å²) >= 11 is 1.52. The fraction of sp³-hybridized carbons (Fsp3) is 0.812. The largest absolute Gasteiger partial charge is 0.357 e. The van der Waals surface area contributed by atoms with E-state index in [1.807, 2.05) is 0 Å². The van der Waals surface area contributed by atoms with Crippen LogP contribution in [0.25, 0.3) is 0 Å². The van der Waals surface area contributed by atoms with Crippen molar-refractivity contribution >= 4 is 46.6 Å². The van der Waals surface area contributed by atoms with Gasteiger partial charge in [-0.1, -0.05) is 19.8 Å². The number of nitrogens with one attached hydrogen (secondary N) is 1. The van der Waals surface area contributed by atoms with Gasteiger partial charge in [0.1, 0.15) is 5.82 Å². The highest BCUT2D eigenvalue weighted by Gasteiger charge is 2.23. The molecule has 1 aliphatic carbocycles. The van der Waals surface area contributed by atoms with Crippen molar-refractivity contribution in [2.24, 2.45) is 10.9 Å². The molecule has 2 fully saturated rings. The second-order valence-electron chi connectivity index (χ2n) is 6.29. The van der Waals surface area contributed by atoms with Crippen LogP contribution in [0.2, 0.25) is 0 Å². The second-order valence-corrected chi connectivity index (χ2v) is 7.02. The average Bonchev–Trinajstić information content (AvgIpc) is 3.28. The van der Waals surface area contributed by atoms with E-state index in [0.717, 1.165) is 68.5 Å². The zero-order valence-electron chi connectivity index (χ0n) is 14.7. The number of rotatable bonds is 6. The number of halogens is 1. The van der Waals surface area contributed by atoms with Crippen molar-refractivity contribution in [3.05, 3.63) is 5.82 Å². The molecule has 3 rings (SSSR count). The molecular weight excluding hydrogens is 435 g/mol. The molecule has 1 saturated carbocycles. The molecule has 0 amide bonds. The van der Waals surface area contributed by atoms with Crippen LogP contribution in [0.4, 0.5) is 5.13 Å². The lowest BCUT2D eigenvalue weighted by Gasteiger charge is -2.36. The Morgan fingerprint density at radius 3 is 2.58 bits per heavy atom. The minimum atomic E-state index is 0. The van der Waals surface area contributed by atoms with E-state index in [1.54, 1.807) is 0 Å². The number of guanidine groups is 1. The van der Waals surface area contributed by atoms with Crippen LogP contribution in [0.15, 0.2) is 4.99 Å². The maximum absolute atomic E-state index is 4.82. The molecule has 136 valence electrons. The van der Waals surface area contributed by atoms with Crippen molar-refractivity contribution < 1.29 is 0 Å². The molecule has 1 aromatic rings. The lowest BCUT2D eigenvalue weighted by molar-refractivity contribution is 0.372. The van der Waals surface area contributed by atoms with Crippen molar-refractivity contribution in [1.29, 1.82) is 0 Å². The van der Waals surface area contributed by atoms with Gasteiger partial charge in [-0.2, -0.15) is 4.37 Å². The molecule has 1 aliphatic heterocycles. The number of aromatic nitrogens is 2. The van der Waals surface area contributed by atoms with E-state index >= 15 is 0 Å². The third-order valence-corrected chi connectivity index (χ3v) is 5.27. The number of nitrogens with zero attached hydrogens (tertiary/aromatic N) is 5. The SMILES string of the molecule is CCNC(=NCCC1CC1)N1CCN(c2nc(CC)ns2)CC1.I. The monoisotopic (exact) mass is 464 g/mol. The first-order valence-corrected chi connectivity index (χ1v) is 9.68. The summed E-state index contributed by atoms with van der Waals surface area (Å²) in [6, 6.07) is 0. The van der Waals surface area contributed by atoms with Crippen molar-refractivity contribution in [2.45, 2.75) is 39.5 Å². The smallest absolute Gasteiger partial charge is 0.205 e. The summed E-state index contributed by atoms with van der Waals surface area (Å²) in [4.78, 5) is 14.2. The Morgan fingerprint density at radius 2 is 2.00 bits per heavy atom. The van der Waals surface area contributed by atoms with Gasteiger partial charge in [-0.3, -0.25) is 4.99 Å². The summed E-state index contributed by atoms with van der Waals surface area (Å²) in [6.07, 6.45) is 4.98. The maximum atomic E-state index is 4.82. The highest BCUT2D eigenvalue weighted by Crippen LogP contribution is 2.32. The summed E-state index contributed by atoms with van der Waals surface area (Å²) in [7, 11) is 0. The number of piperazine rings is 1. The van der Waals surface area contributed by atoms with Crippen molar-refractivity contribution in [1.82, 2.24) is 19.6 Å². The summed E-state index contributed by atoms with van der Waals surface area (Å²) in [5.74, 6) is 2.99. The van der Waals surface area contributed by atoms with Gasteiger partial charge in [-0.05, 0) is 19.3 Å². The number of hydrogen-bond acceptors (Lipinski definition) is 5. The lowest BCUT2D eigenvalue weighted by atomic mass is 10.3. The Labute approximate surface area is 166 Å². The zero-order chi connectivity index (χ0) is 16.1.